The van der Waals surface area contributed by atoms with Crippen LogP contribution in [0, 0.1) is 0 Å². The minimum Gasteiger partial charge on any atom is -0.492 e. The Bertz CT molecular complexity index is 959. The van der Waals surface area contributed by atoms with Crippen LogP contribution in [0.3, 0.4) is 0 Å². The molecular weight excluding hydrogens is 388 g/mol. The Kier molecular flexibility index (Phi) is 7.29. The maximum Gasteiger partial charge on any atom is 0.313 e. The third kappa shape index (κ3) is 5.86. The molecule has 0 fully saturated rings. The average molecular weight is 410 g/mol. The highest BCUT2D eigenvalue weighted by atomic mass is 32.2. The van der Waals surface area contributed by atoms with E-state index in [0.717, 1.165) is 16.4 Å². The Morgan fingerprint density at radius 3 is 2.62 bits per heavy atom. The third-order valence-electron chi connectivity index (χ3n) is 3.91. The lowest BCUT2D eigenvalue weighted by molar-refractivity contribution is -0.136. The van der Waals surface area contributed by atoms with E-state index in [1.807, 2.05) is 37.3 Å². The summed E-state index contributed by atoms with van der Waals surface area (Å²) in [4.78, 5) is 31.7. The second-order valence-corrected chi connectivity index (χ2v) is 7.04. The first-order valence-electron chi connectivity index (χ1n) is 9.21. The summed E-state index contributed by atoms with van der Waals surface area (Å²) in [5.74, 6) is -0.317. The molecule has 0 aliphatic rings. The molecule has 29 heavy (non-hydrogen) atoms. The van der Waals surface area contributed by atoms with E-state index in [-0.39, 0.29) is 0 Å². The van der Waals surface area contributed by atoms with Crippen LogP contribution in [0.4, 0.5) is 5.69 Å². The molecule has 7 nitrogen and oxygen atoms in total. The van der Waals surface area contributed by atoms with E-state index in [0.29, 0.717) is 30.3 Å². The van der Waals surface area contributed by atoms with Crippen molar-refractivity contribution in [1.29, 1.82) is 0 Å². The standard InChI is InChI=1S/C21H22N4O3S/c1-2-28-18-11-7-6-10-16(18)24-20(27)19(26)22-12-13-29-21-23-14-17(25-21)15-8-4-3-5-9-15/h3-11,14H,2,12-13H2,1H3,(H,22,26)(H,23,25)(H,24,27). The normalized spacial score (nSPS) is 10.4. The Morgan fingerprint density at radius 2 is 1.83 bits per heavy atom. The van der Waals surface area contributed by atoms with Gasteiger partial charge in [0.05, 0.1) is 24.2 Å². The number of aromatic nitrogens is 2. The zero-order chi connectivity index (χ0) is 20.5. The first-order valence-corrected chi connectivity index (χ1v) is 10.2. The molecule has 150 valence electrons. The molecule has 1 heterocycles. The summed E-state index contributed by atoms with van der Waals surface area (Å²) in [7, 11) is 0. The molecule has 3 rings (SSSR count). The average Bonchev–Trinajstić information content (AvgIpc) is 3.22. The van der Waals surface area contributed by atoms with E-state index in [2.05, 4.69) is 20.6 Å². The molecule has 1 aromatic heterocycles. The van der Waals surface area contributed by atoms with Crippen LogP contribution in [-0.2, 0) is 9.59 Å². The van der Waals surface area contributed by atoms with Gasteiger partial charge in [-0.15, -0.1) is 0 Å². The van der Waals surface area contributed by atoms with Gasteiger partial charge < -0.3 is 20.4 Å². The Balaban J connectivity index is 1.43. The SMILES string of the molecule is CCOc1ccccc1NC(=O)C(=O)NCCSc1ncc(-c2ccccc2)[nH]1. The van der Waals surface area contributed by atoms with Crippen molar-refractivity contribution in [3.8, 4) is 17.0 Å². The maximum absolute atomic E-state index is 12.1. The van der Waals surface area contributed by atoms with E-state index in [4.69, 9.17) is 4.74 Å². The van der Waals surface area contributed by atoms with Crippen LogP contribution < -0.4 is 15.4 Å². The van der Waals surface area contributed by atoms with Crippen LogP contribution in [0.25, 0.3) is 11.3 Å². The van der Waals surface area contributed by atoms with Crippen molar-refractivity contribution in [2.45, 2.75) is 12.1 Å². The van der Waals surface area contributed by atoms with Crippen LogP contribution in [0.5, 0.6) is 5.75 Å². The number of anilines is 1. The molecule has 3 N–H and O–H groups in total. The van der Waals surface area contributed by atoms with Gasteiger partial charge >= 0.3 is 11.8 Å². The van der Waals surface area contributed by atoms with Crippen LogP contribution >= 0.6 is 11.8 Å². The highest BCUT2D eigenvalue weighted by Gasteiger charge is 2.15. The van der Waals surface area contributed by atoms with Crippen molar-refractivity contribution in [2.24, 2.45) is 0 Å². The number of carbonyl (C=O) groups is 2. The summed E-state index contributed by atoms with van der Waals surface area (Å²) in [5.41, 5.74) is 2.46. The van der Waals surface area contributed by atoms with Crippen LogP contribution in [0.1, 0.15) is 6.92 Å². The van der Waals surface area contributed by atoms with Gasteiger partial charge in [0.15, 0.2) is 5.16 Å². The van der Waals surface area contributed by atoms with Crippen molar-refractivity contribution in [1.82, 2.24) is 15.3 Å². The number of para-hydroxylation sites is 2. The van der Waals surface area contributed by atoms with Gasteiger partial charge in [0, 0.05) is 12.3 Å². The number of hydrogen-bond donors (Lipinski definition) is 3. The Morgan fingerprint density at radius 1 is 1.07 bits per heavy atom. The number of carbonyl (C=O) groups excluding carboxylic acids is 2. The summed E-state index contributed by atoms with van der Waals surface area (Å²) in [6.45, 7) is 2.66. The summed E-state index contributed by atoms with van der Waals surface area (Å²) >= 11 is 1.47. The molecule has 0 saturated heterocycles. The molecule has 0 radical (unpaired) electrons. The number of aromatic amines is 1. The largest absolute Gasteiger partial charge is 0.492 e. The molecule has 3 aromatic rings. The summed E-state index contributed by atoms with van der Waals surface area (Å²) in [6, 6.07) is 16.9. The number of H-pyrrole nitrogens is 1. The first-order chi connectivity index (χ1) is 14.2. The predicted octanol–water partition coefficient (Wildman–Crippen LogP) is 3.32. The fraction of sp³-hybridized carbons (Fsp3) is 0.190. The summed E-state index contributed by atoms with van der Waals surface area (Å²) in [6.07, 6.45) is 1.78. The highest BCUT2D eigenvalue weighted by Crippen LogP contribution is 2.23. The number of ether oxygens (including phenoxy) is 1. The lowest BCUT2D eigenvalue weighted by Crippen LogP contribution is -2.36. The van der Waals surface area contributed by atoms with Crippen LogP contribution in [0.15, 0.2) is 66.0 Å². The third-order valence-corrected chi connectivity index (χ3v) is 4.79. The van der Waals surface area contributed by atoms with Gasteiger partial charge in [-0.1, -0.05) is 54.2 Å². The molecule has 8 heteroatoms. The molecular formula is C21H22N4O3S. The van der Waals surface area contributed by atoms with E-state index < -0.39 is 11.8 Å². The lowest BCUT2D eigenvalue weighted by atomic mass is 10.2. The number of amides is 2. The Labute approximate surface area is 173 Å². The molecule has 0 bridgehead atoms. The number of rotatable bonds is 8. The number of imidazole rings is 1. The van der Waals surface area contributed by atoms with Crippen molar-refractivity contribution in [2.75, 3.05) is 24.2 Å². The second kappa shape index (κ2) is 10.3. The molecule has 2 amide bonds. The molecule has 0 aliphatic carbocycles. The van der Waals surface area contributed by atoms with E-state index in [9.17, 15) is 9.59 Å². The molecule has 0 unspecified atom stereocenters. The molecule has 0 saturated carbocycles. The van der Waals surface area contributed by atoms with Crippen molar-refractivity contribution < 1.29 is 14.3 Å². The molecule has 2 aromatic carbocycles. The number of nitrogens with one attached hydrogen (secondary N) is 3. The number of thioether (sulfide) groups is 1. The van der Waals surface area contributed by atoms with Gasteiger partial charge in [0.2, 0.25) is 0 Å². The van der Waals surface area contributed by atoms with E-state index in [1.54, 1.807) is 30.5 Å². The monoisotopic (exact) mass is 410 g/mol. The van der Waals surface area contributed by atoms with Crippen molar-refractivity contribution in [3.63, 3.8) is 0 Å². The number of hydrogen-bond acceptors (Lipinski definition) is 5. The number of benzene rings is 2. The molecule has 0 atom stereocenters. The predicted molar refractivity (Wildman–Crippen MR) is 114 cm³/mol. The molecule has 0 spiro atoms. The number of nitrogens with zero attached hydrogens (tertiary/aromatic N) is 1. The summed E-state index contributed by atoms with van der Waals surface area (Å²) in [5, 5.41) is 5.94. The zero-order valence-corrected chi connectivity index (χ0v) is 16.8. The Hall–Kier alpha value is -3.26. The van der Waals surface area contributed by atoms with Crippen LogP contribution in [0.2, 0.25) is 0 Å². The van der Waals surface area contributed by atoms with E-state index >= 15 is 0 Å². The van der Waals surface area contributed by atoms with Gasteiger partial charge in [0.1, 0.15) is 5.75 Å². The minimum atomic E-state index is -0.730. The van der Waals surface area contributed by atoms with Gasteiger partial charge in [-0.05, 0) is 24.6 Å². The quantitative estimate of drug-likeness (QED) is 0.301. The lowest BCUT2D eigenvalue weighted by Gasteiger charge is -2.11. The fourth-order valence-electron chi connectivity index (χ4n) is 2.56. The van der Waals surface area contributed by atoms with Crippen molar-refractivity contribution in [3.05, 3.63) is 60.8 Å². The highest BCUT2D eigenvalue weighted by molar-refractivity contribution is 7.99. The summed E-state index contributed by atoms with van der Waals surface area (Å²) < 4.78 is 5.44. The topological polar surface area (TPSA) is 96.1 Å². The minimum absolute atomic E-state index is 0.339. The maximum atomic E-state index is 12.1. The van der Waals surface area contributed by atoms with E-state index in [1.165, 1.54) is 11.8 Å². The van der Waals surface area contributed by atoms with Gasteiger partial charge in [-0.2, -0.15) is 0 Å². The second-order valence-electron chi connectivity index (χ2n) is 5.96. The fourth-order valence-corrected chi connectivity index (χ4v) is 3.27. The zero-order valence-electron chi connectivity index (χ0n) is 16.0. The van der Waals surface area contributed by atoms with Crippen molar-refractivity contribution >= 4 is 29.3 Å². The smallest absolute Gasteiger partial charge is 0.313 e. The van der Waals surface area contributed by atoms with Gasteiger partial charge in [-0.3, -0.25) is 9.59 Å². The van der Waals surface area contributed by atoms with Gasteiger partial charge in [0.25, 0.3) is 0 Å². The first kappa shape index (κ1) is 20.5. The van der Waals surface area contributed by atoms with Gasteiger partial charge in [-0.25, -0.2) is 4.98 Å². The molecule has 0 aliphatic heterocycles. The van der Waals surface area contributed by atoms with Crippen LogP contribution in [-0.4, -0.2) is 40.7 Å².